The van der Waals surface area contributed by atoms with Crippen LogP contribution in [0.1, 0.15) is 5.56 Å². The molecule has 28 heavy (non-hydrogen) atoms. The predicted octanol–water partition coefficient (Wildman–Crippen LogP) is 1.59. The minimum Gasteiger partial charge on any atom is -0.383 e. The van der Waals surface area contributed by atoms with Crippen LogP contribution in [0.25, 0.3) is 10.2 Å². The zero-order valence-corrected chi connectivity index (χ0v) is 17.6. The van der Waals surface area contributed by atoms with Gasteiger partial charge in [-0.25, -0.2) is 13.6 Å². The summed E-state index contributed by atoms with van der Waals surface area (Å²) in [6, 6.07) is 10.8. The number of aryl methyl sites for hydroxylation is 1. The summed E-state index contributed by atoms with van der Waals surface area (Å²) < 4.78 is 60.0. The van der Waals surface area contributed by atoms with Gasteiger partial charge in [-0.1, -0.05) is 29.0 Å². The number of hydrogen-bond acceptors (Lipinski definition) is 6. The van der Waals surface area contributed by atoms with Crippen LogP contribution in [0, 0.1) is 6.92 Å². The van der Waals surface area contributed by atoms with Crippen molar-refractivity contribution in [1.29, 1.82) is 0 Å². The van der Waals surface area contributed by atoms with E-state index in [0.717, 1.165) is 16.9 Å². The number of hydrogen-bond donors (Lipinski definition) is 1. The SMILES string of the molecule is COCCn1/c(=N/S(=O)(=O)c2ccc(C)cc2)sc2cc(S(N)(=O)=O)ccc21. The van der Waals surface area contributed by atoms with E-state index in [-0.39, 0.29) is 14.6 Å². The largest absolute Gasteiger partial charge is 0.383 e. The van der Waals surface area contributed by atoms with Gasteiger partial charge in [-0.05, 0) is 37.3 Å². The Hall–Kier alpha value is -2.05. The number of fused-ring (bicyclic) bond motifs is 1. The molecule has 3 rings (SSSR count). The standard InChI is InChI=1S/C17H19N3O5S3/c1-12-3-5-13(6-4-12)28(23,24)19-17-20(9-10-25-2)15-8-7-14(27(18,21)22)11-16(15)26-17/h3-8,11H,9-10H2,1-2H3,(H2,18,21,22)/b19-17-. The number of ether oxygens (including phenoxy) is 1. The fourth-order valence-electron chi connectivity index (χ4n) is 2.56. The molecule has 0 saturated carbocycles. The lowest BCUT2D eigenvalue weighted by molar-refractivity contribution is 0.187. The number of nitrogens with zero attached hydrogens (tertiary/aromatic N) is 2. The molecule has 0 aliphatic rings. The van der Waals surface area contributed by atoms with Gasteiger partial charge in [0.2, 0.25) is 14.8 Å². The maximum atomic E-state index is 12.7. The molecule has 0 fully saturated rings. The van der Waals surface area contributed by atoms with Gasteiger partial charge in [0, 0.05) is 13.7 Å². The second-order valence-electron chi connectivity index (χ2n) is 6.08. The lowest BCUT2D eigenvalue weighted by Crippen LogP contribution is -2.19. The smallest absolute Gasteiger partial charge is 0.285 e. The van der Waals surface area contributed by atoms with E-state index in [0.29, 0.717) is 23.4 Å². The van der Waals surface area contributed by atoms with Crippen LogP contribution in [-0.2, 0) is 31.3 Å². The molecule has 0 spiro atoms. The predicted molar refractivity (Wildman–Crippen MR) is 107 cm³/mol. The molecule has 1 aromatic heterocycles. The molecule has 2 N–H and O–H groups in total. The second kappa shape index (κ2) is 7.76. The van der Waals surface area contributed by atoms with E-state index >= 15 is 0 Å². The van der Waals surface area contributed by atoms with Crippen molar-refractivity contribution in [2.24, 2.45) is 9.54 Å². The maximum absolute atomic E-state index is 12.7. The highest BCUT2D eigenvalue weighted by Gasteiger charge is 2.16. The van der Waals surface area contributed by atoms with Gasteiger partial charge in [-0.15, -0.1) is 4.40 Å². The Morgan fingerprint density at radius 1 is 1.07 bits per heavy atom. The van der Waals surface area contributed by atoms with Crippen LogP contribution in [0.4, 0.5) is 0 Å². The van der Waals surface area contributed by atoms with Gasteiger partial charge in [0.15, 0.2) is 0 Å². The van der Waals surface area contributed by atoms with E-state index in [4.69, 9.17) is 9.88 Å². The topological polar surface area (TPSA) is 121 Å². The first kappa shape index (κ1) is 20.7. The van der Waals surface area contributed by atoms with E-state index in [1.165, 1.54) is 31.4 Å². The van der Waals surface area contributed by atoms with Crippen LogP contribution in [0.15, 0.2) is 56.7 Å². The van der Waals surface area contributed by atoms with Gasteiger partial charge in [0.05, 0.1) is 26.6 Å². The molecule has 3 aromatic rings. The quantitative estimate of drug-likeness (QED) is 0.623. The van der Waals surface area contributed by atoms with Gasteiger partial charge < -0.3 is 9.30 Å². The minimum absolute atomic E-state index is 0.0481. The summed E-state index contributed by atoms with van der Waals surface area (Å²) >= 11 is 1.07. The molecule has 11 heteroatoms. The van der Waals surface area contributed by atoms with Gasteiger partial charge in [-0.2, -0.15) is 8.42 Å². The molecule has 1 heterocycles. The van der Waals surface area contributed by atoms with Gasteiger partial charge in [0.1, 0.15) is 0 Å². The molecule has 0 atom stereocenters. The lowest BCUT2D eigenvalue weighted by atomic mass is 10.2. The Morgan fingerprint density at radius 3 is 2.32 bits per heavy atom. The average molecular weight is 442 g/mol. The molecule has 0 bridgehead atoms. The maximum Gasteiger partial charge on any atom is 0.285 e. The Morgan fingerprint density at radius 2 is 1.71 bits per heavy atom. The number of primary sulfonamides is 1. The fraction of sp³-hybridized carbons (Fsp3) is 0.235. The Labute approximate surface area is 167 Å². The zero-order valence-electron chi connectivity index (χ0n) is 15.2. The monoisotopic (exact) mass is 441 g/mol. The molecule has 0 saturated heterocycles. The van der Waals surface area contributed by atoms with E-state index in [1.54, 1.807) is 22.8 Å². The molecule has 0 radical (unpaired) electrons. The average Bonchev–Trinajstić information content (AvgIpc) is 2.95. The highest BCUT2D eigenvalue weighted by Crippen LogP contribution is 2.22. The van der Waals surface area contributed by atoms with Crippen LogP contribution < -0.4 is 9.94 Å². The molecule has 2 aromatic carbocycles. The van der Waals surface area contributed by atoms with Gasteiger partial charge in [-0.3, -0.25) is 0 Å². The third-order valence-corrected chi connectivity index (χ3v) is 7.37. The lowest BCUT2D eigenvalue weighted by Gasteiger charge is -2.05. The molecule has 8 nitrogen and oxygen atoms in total. The number of rotatable bonds is 6. The number of methoxy groups -OCH3 is 1. The summed E-state index contributed by atoms with van der Waals surface area (Å²) in [5.41, 5.74) is 1.58. The highest BCUT2D eigenvalue weighted by atomic mass is 32.2. The van der Waals surface area contributed by atoms with E-state index < -0.39 is 20.0 Å². The first-order chi connectivity index (χ1) is 13.1. The molecule has 150 valence electrons. The zero-order chi connectivity index (χ0) is 20.5. The third-order valence-electron chi connectivity index (χ3n) is 4.02. The molecular formula is C17H19N3O5S3. The van der Waals surface area contributed by atoms with E-state index in [1.807, 2.05) is 6.92 Å². The van der Waals surface area contributed by atoms with Crippen molar-refractivity contribution in [3.8, 4) is 0 Å². The van der Waals surface area contributed by atoms with Crippen molar-refractivity contribution in [2.75, 3.05) is 13.7 Å². The Balaban J connectivity index is 2.23. The second-order valence-corrected chi connectivity index (χ2v) is 10.3. The van der Waals surface area contributed by atoms with Crippen molar-refractivity contribution in [3.63, 3.8) is 0 Å². The van der Waals surface area contributed by atoms with Crippen molar-refractivity contribution >= 4 is 41.6 Å². The minimum atomic E-state index is -3.93. The summed E-state index contributed by atoms with van der Waals surface area (Å²) in [5, 5.41) is 5.19. The van der Waals surface area contributed by atoms with Crippen molar-refractivity contribution < 1.29 is 21.6 Å². The van der Waals surface area contributed by atoms with Crippen LogP contribution in [0.2, 0.25) is 0 Å². The fourth-order valence-corrected chi connectivity index (χ4v) is 5.48. The first-order valence-corrected chi connectivity index (χ1v) is 11.9. The summed E-state index contributed by atoms with van der Waals surface area (Å²) in [7, 11) is -6.27. The Kier molecular flexibility index (Phi) is 5.73. The van der Waals surface area contributed by atoms with Crippen LogP contribution in [0.5, 0.6) is 0 Å². The number of sulfonamides is 2. The third kappa shape index (κ3) is 4.33. The van der Waals surface area contributed by atoms with Gasteiger partial charge in [0.25, 0.3) is 10.0 Å². The van der Waals surface area contributed by atoms with Crippen molar-refractivity contribution in [1.82, 2.24) is 4.57 Å². The van der Waals surface area contributed by atoms with Crippen molar-refractivity contribution in [2.45, 2.75) is 23.3 Å². The molecular weight excluding hydrogens is 422 g/mol. The summed E-state index contributed by atoms with van der Waals surface area (Å²) in [6.45, 7) is 2.55. The van der Waals surface area contributed by atoms with E-state index in [2.05, 4.69) is 4.40 Å². The van der Waals surface area contributed by atoms with Crippen LogP contribution in [-0.4, -0.2) is 35.1 Å². The van der Waals surface area contributed by atoms with Crippen LogP contribution in [0.3, 0.4) is 0 Å². The number of benzene rings is 2. The molecule has 0 amide bonds. The molecule has 0 aliphatic heterocycles. The highest BCUT2D eigenvalue weighted by molar-refractivity contribution is 7.90. The summed E-state index contributed by atoms with van der Waals surface area (Å²) in [4.78, 5) is 0.256. The molecule has 0 unspecified atom stereocenters. The molecule has 0 aliphatic carbocycles. The number of aromatic nitrogens is 1. The van der Waals surface area contributed by atoms with E-state index in [9.17, 15) is 16.8 Å². The van der Waals surface area contributed by atoms with Crippen molar-refractivity contribution in [3.05, 3.63) is 52.8 Å². The summed E-state index contributed by atoms with van der Waals surface area (Å²) in [6.07, 6.45) is 0. The first-order valence-electron chi connectivity index (χ1n) is 8.14. The summed E-state index contributed by atoms with van der Waals surface area (Å²) in [5.74, 6) is 0. The number of nitrogens with two attached hydrogens (primary N) is 1. The number of thiazole rings is 1. The Bertz CT molecular complexity index is 1290. The van der Waals surface area contributed by atoms with Crippen LogP contribution >= 0.6 is 11.3 Å². The van der Waals surface area contributed by atoms with Gasteiger partial charge >= 0.3 is 0 Å². The normalized spacial score (nSPS) is 13.3.